The molecule has 3 nitrogen and oxygen atoms in total. The first-order valence-electron chi connectivity index (χ1n) is 10.4. The average Bonchev–Trinajstić information content (AvgIpc) is 3.33. The second-order valence-corrected chi connectivity index (χ2v) is 7.75. The maximum atomic E-state index is 3.85. The monoisotopic (exact) mass is 377 g/mol. The number of para-hydroxylation sites is 2. The maximum absolute atomic E-state index is 3.85. The summed E-state index contributed by atoms with van der Waals surface area (Å²) in [6, 6.07) is 28.8. The average molecular weight is 377 g/mol. The molecule has 5 aromatic rings. The molecule has 0 aliphatic carbocycles. The number of fused-ring (bicyclic) bond motifs is 6. The van der Waals surface area contributed by atoms with Crippen LogP contribution in [0, 0.1) is 0 Å². The van der Waals surface area contributed by atoms with E-state index in [0.717, 1.165) is 13.1 Å². The topological polar surface area (TPSA) is 21.9 Å². The summed E-state index contributed by atoms with van der Waals surface area (Å²) >= 11 is 0. The summed E-state index contributed by atoms with van der Waals surface area (Å²) in [6.07, 6.45) is 2.18. The van der Waals surface area contributed by atoms with E-state index in [1.807, 2.05) is 0 Å². The summed E-state index contributed by atoms with van der Waals surface area (Å²) in [4.78, 5) is 0. The van der Waals surface area contributed by atoms with Crippen molar-refractivity contribution in [3.8, 4) is 5.69 Å². The Balaban J connectivity index is 1.64. The van der Waals surface area contributed by atoms with Crippen LogP contribution < -0.4 is 5.32 Å². The highest BCUT2D eigenvalue weighted by Gasteiger charge is 2.25. The Morgan fingerprint density at radius 2 is 1.69 bits per heavy atom. The van der Waals surface area contributed by atoms with Gasteiger partial charge in [0.15, 0.2) is 0 Å². The third-order valence-corrected chi connectivity index (χ3v) is 6.28. The number of hydrogen-bond acceptors (Lipinski definition) is 1. The van der Waals surface area contributed by atoms with Crippen LogP contribution in [-0.2, 0) is 13.1 Å². The third-order valence-electron chi connectivity index (χ3n) is 6.28. The van der Waals surface area contributed by atoms with Crippen molar-refractivity contribution in [2.75, 3.05) is 0 Å². The number of aryl methyl sites for hydroxylation is 1. The van der Waals surface area contributed by atoms with Gasteiger partial charge in [0, 0.05) is 52.5 Å². The molecular weight excluding hydrogens is 354 g/mol. The molecule has 0 saturated heterocycles. The molecule has 2 aromatic heterocycles. The SMILES string of the molecule is CCn1c2ccccc2c2c(C3NCc4ccccc4-n4cccc43)cccc21. The lowest BCUT2D eigenvalue weighted by Gasteiger charge is -2.19. The van der Waals surface area contributed by atoms with E-state index in [2.05, 4.69) is 106 Å². The van der Waals surface area contributed by atoms with Gasteiger partial charge in [-0.15, -0.1) is 0 Å². The van der Waals surface area contributed by atoms with Gasteiger partial charge in [-0.1, -0.05) is 48.5 Å². The molecule has 3 aromatic carbocycles. The first kappa shape index (κ1) is 16.6. The molecule has 0 radical (unpaired) electrons. The van der Waals surface area contributed by atoms with Crippen LogP contribution in [0.4, 0.5) is 0 Å². The normalized spacial score (nSPS) is 16.0. The van der Waals surface area contributed by atoms with Crippen molar-refractivity contribution in [1.29, 1.82) is 0 Å². The fourth-order valence-corrected chi connectivity index (χ4v) is 5.04. The predicted molar refractivity (Wildman–Crippen MR) is 120 cm³/mol. The molecule has 1 aliphatic rings. The van der Waals surface area contributed by atoms with Crippen LogP contribution in [0.1, 0.15) is 29.8 Å². The van der Waals surface area contributed by atoms with E-state index in [1.165, 1.54) is 44.3 Å². The smallest absolute Gasteiger partial charge is 0.0744 e. The summed E-state index contributed by atoms with van der Waals surface area (Å²) in [7, 11) is 0. The molecule has 0 amide bonds. The molecule has 3 heteroatoms. The highest BCUT2D eigenvalue weighted by Crippen LogP contribution is 2.38. The number of nitrogens with one attached hydrogen (secondary N) is 1. The molecule has 142 valence electrons. The van der Waals surface area contributed by atoms with E-state index in [0.29, 0.717) is 0 Å². The number of rotatable bonds is 2. The number of hydrogen-bond donors (Lipinski definition) is 1. The minimum absolute atomic E-state index is 0.136. The van der Waals surface area contributed by atoms with Crippen LogP contribution in [-0.4, -0.2) is 9.13 Å². The van der Waals surface area contributed by atoms with E-state index >= 15 is 0 Å². The molecule has 3 heterocycles. The Morgan fingerprint density at radius 3 is 2.62 bits per heavy atom. The molecule has 0 bridgehead atoms. The lowest BCUT2D eigenvalue weighted by Crippen LogP contribution is -2.21. The molecule has 1 N–H and O–H groups in total. The second kappa shape index (κ2) is 6.36. The quantitative estimate of drug-likeness (QED) is 0.413. The first-order valence-corrected chi connectivity index (χ1v) is 10.4. The summed E-state index contributed by atoms with van der Waals surface area (Å²) in [5, 5.41) is 6.55. The number of benzene rings is 3. The van der Waals surface area contributed by atoms with Crippen LogP contribution in [0.2, 0.25) is 0 Å². The van der Waals surface area contributed by atoms with Crippen molar-refractivity contribution in [1.82, 2.24) is 14.5 Å². The van der Waals surface area contributed by atoms with Crippen LogP contribution in [0.5, 0.6) is 0 Å². The predicted octanol–water partition coefficient (Wildman–Crippen LogP) is 5.80. The van der Waals surface area contributed by atoms with E-state index < -0.39 is 0 Å². The Kier molecular flexibility index (Phi) is 3.65. The largest absolute Gasteiger partial charge is 0.341 e. The van der Waals surface area contributed by atoms with Gasteiger partial charge in [0.1, 0.15) is 0 Å². The standard InChI is InChI=1S/C26H23N3/c1-2-28-22-13-6-4-10-19(22)25-20(11-7-14-23(25)28)26-24-15-8-16-29(24)21-12-5-3-9-18(21)17-27-26/h3-16,26-27H,2,17H2,1H3. The van der Waals surface area contributed by atoms with Crippen LogP contribution in [0.15, 0.2) is 85.1 Å². The van der Waals surface area contributed by atoms with Gasteiger partial charge in [-0.3, -0.25) is 0 Å². The molecule has 6 rings (SSSR count). The van der Waals surface area contributed by atoms with Crippen molar-refractivity contribution in [3.63, 3.8) is 0 Å². The zero-order valence-corrected chi connectivity index (χ0v) is 16.5. The van der Waals surface area contributed by atoms with Gasteiger partial charge in [0.2, 0.25) is 0 Å². The van der Waals surface area contributed by atoms with E-state index in [4.69, 9.17) is 0 Å². The van der Waals surface area contributed by atoms with Crippen LogP contribution in [0.25, 0.3) is 27.5 Å². The van der Waals surface area contributed by atoms with Crippen LogP contribution >= 0.6 is 0 Å². The lowest BCUT2D eigenvalue weighted by atomic mass is 9.97. The van der Waals surface area contributed by atoms with Gasteiger partial charge < -0.3 is 14.5 Å². The zero-order chi connectivity index (χ0) is 19.4. The molecule has 0 saturated carbocycles. The van der Waals surface area contributed by atoms with Gasteiger partial charge >= 0.3 is 0 Å². The van der Waals surface area contributed by atoms with Gasteiger partial charge in [-0.05, 0) is 48.4 Å². The summed E-state index contributed by atoms with van der Waals surface area (Å²) in [6.45, 7) is 4.04. The summed E-state index contributed by atoms with van der Waals surface area (Å²) in [5.74, 6) is 0. The van der Waals surface area contributed by atoms with Crippen LogP contribution in [0.3, 0.4) is 0 Å². The second-order valence-electron chi connectivity index (χ2n) is 7.75. The Morgan fingerprint density at radius 1 is 0.862 bits per heavy atom. The molecule has 0 spiro atoms. The molecule has 1 atom stereocenters. The fourth-order valence-electron chi connectivity index (χ4n) is 5.04. The molecule has 0 fully saturated rings. The maximum Gasteiger partial charge on any atom is 0.0744 e. The number of aromatic nitrogens is 2. The van der Waals surface area contributed by atoms with Gasteiger partial charge in [-0.2, -0.15) is 0 Å². The first-order chi connectivity index (χ1) is 14.4. The highest BCUT2D eigenvalue weighted by atomic mass is 15.1. The molecular formula is C26H23N3. The Labute approximate surface area is 170 Å². The zero-order valence-electron chi connectivity index (χ0n) is 16.5. The van der Waals surface area contributed by atoms with E-state index in [-0.39, 0.29) is 6.04 Å². The van der Waals surface area contributed by atoms with Crippen molar-refractivity contribution in [2.45, 2.75) is 26.1 Å². The van der Waals surface area contributed by atoms with Gasteiger partial charge in [0.25, 0.3) is 0 Å². The van der Waals surface area contributed by atoms with Crippen molar-refractivity contribution < 1.29 is 0 Å². The molecule has 1 aliphatic heterocycles. The van der Waals surface area contributed by atoms with Gasteiger partial charge in [0.05, 0.1) is 6.04 Å². The van der Waals surface area contributed by atoms with E-state index in [9.17, 15) is 0 Å². The summed E-state index contributed by atoms with van der Waals surface area (Å²) in [5.41, 5.74) is 7.85. The lowest BCUT2D eigenvalue weighted by molar-refractivity contribution is 0.604. The minimum atomic E-state index is 0.136. The number of nitrogens with zero attached hydrogens (tertiary/aromatic N) is 2. The molecule has 1 unspecified atom stereocenters. The fraction of sp³-hybridized carbons (Fsp3) is 0.154. The minimum Gasteiger partial charge on any atom is -0.341 e. The molecule has 29 heavy (non-hydrogen) atoms. The highest BCUT2D eigenvalue weighted by molar-refractivity contribution is 6.10. The van der Waals surface area contributed by atoms with Crippen molar-refractivity contribution in [3.05, 3.63) is 102 Å². The van der Waals surface area contributed by atoms with Gasteiger partial charge in [-0.25, -0.2) is 0 Å². The Bertz CT molecular complexity index is 1360. The Hall–Kier alpha value is -3.30. The van der Waals surface area contributed by atoms with E-state index in [1.54, 1.807) is 0 Å². The third kappa shape index (κ3) is 2.34. The summed E-state index contributed by atoms with van der Waals surface area (Å²) < 4.78 is 4.77. The van der Waals surface area contributed by atoms with Crippen molar-refractivity contribution in [2.24, 2.45) is 0 Å². The van der Waals surface area contributed by atoms with Crippen molar-refractivity contribution >= 4 is 21.8 Å².